The van der Waals surface area contributed by atoms with Crippen LogP contribution in [0, 0.1) is 0 Å². The molecule has 126 valence electrons. The number of hydrogen-bond acceptors (Lipinski definition) is 3. The van der Waals surface area contributed by atoms with Crippen LogP contribution in [-0.4, -0.2) is 28.0 Å². The Morgan fingerprint density at radius 1 is 1.08 bits per heavy atom. The molecule has 0 fully saturated rings. The first-order chi connectivity index (χ1) is 12.1. The minimum atomic E-state index is -1.09. The maximum atomic E-state index is 12.6. The zero-order valence-electron chi connectivity index (χ0n) is 13.1. The number of fused-ring (bicyclic) bond motifs is 1. The number of nitrogens with one attached hydrogen (secondary N) is 1. The molecule has 0 aliphatic rings. The number of carbonyl (C=O) groups excluding carboxylic acids is 1. The van der Waals surface area contributed by atoms with E-state index in [9.17, 15) is 14.7 Å². The Labute approximate surface area is 152 Å². The van der Waals surface area contributed by atoms with Crippen LogP contribution in [-0.2, 0) is 11.2 Å². The van der Waals surface area contributed by atoms with E-state index in [0.717, 1.165) is 15.4 Å². The quantitative estimate of drug-likeness (QED) is 0.689. The molecule has 1 atom stereocenters. The molecule has 0 unspecified atom stereocenters. The van der Waals surface area contributed by atoms with Crippen molar-refractivity contribution < 1.29 is 14.7 Å². The third kappa shape index (κ3) is 3.85. The highest BCUT2D eigenvalue weighted by atomic mass is 79.9. The van der Waals surface area contributed by atoms with Gasteiger partial charge in [-0.3, -0.25) is 9.78 Å². The van der Waals surface area contributed by atoms with Gasteiger partial charge in [0.2, 0.25) is 0 Å². The number of aliphatic carboxylic acids is 1. The van der Waals surface area contributed by atoms with E-state index in [0.29, 0.717) is 11.1 Å². The second-order valence-electron chi connectivity index (χ2n) is 5.54. The summed E-state index contributed by atoms with van der Waals surface area (Å²) in [4.78, 5) is 28.5. The maximum Gasteiger partial charge on any atom is 0.326 e. The van der Waals surface area contributed by atoms with Crippen LogP contribution < -0.4 is 5.32 Å². The second kappa shape index (κ2) is 7.44. The first kappa shape index (κ1) is 17.1. The molecular weight excluding hydrogens is 384 g/mol. The van der Waals surface area contributed by atoms with Crippen LogP contribution in [0.25, 0.3) is 10.9 Å². The molecule has 3 rings (SSSR count). The minimum Gasteiger partial charge on any atom is -0.480 e. The van der Waals surface area contributed by atoms with E-state index in [4.69, 9.17) is 0 Å². The third-order valence-corrected chi connectivity index (χ3v) is 4.64. The Bertz CT molecular complexity index is 937. The van der Waals surface area contributed by atoms with Gasteiger partial charge in [-0.1, -0.05) is 52.3 Å². The number of aromatic nitrogens is 1. The number of carboxylic acids is 1. The molecule has 6 heteroatoms. The molecule has 0 bridgehead atoms. The van der Waals surface area contributed by atoms with Gasteiger partial charge >= 0.3 is 5.97 Å². The van der Waals surface area contributed by atoms with Crippen molar-refractivity contribution in [2.75, 3.05) is 0 Å². The van der Waals surface area contributed by atoms with Gasteiger partial charge in [0.15, 0.2) is 0 Å². The van der Waals surface area contributed by atoms with E-state index >= 15 is 0 Å². The van der Waals surface area contributed by atoms with E-state index in [-0.39, 0.29) is 6.42 Å². The van der Waals surface area contributed by atoms with Crippen LogP contribution in [0.15, 0.2) is 65.3 Å². The van der Waals surface area contributed by atoms with E-state index in [1.54, 1.807) is 24.4 Å². The molecule has 0 saturated heterocycles. The molecule has 0 aliphatic heterocycles. The van der Waals surface area contributed by atoms with Gasteiger partial charge in [-0.05, 0) is 23.8 Å². The molecular formula is C19H15BrN2O3. The molecule has 2 N–H and O–H groups in total. The van der Waals surface area contributed by atoms with Crippen LogP contribution >= 0.6 is 15.9 Å². The SMILES string of the molecule is O=C(N[C@@H](Cc1ccccc1Br)C(=O)O)c1cccc2cccnc12. The number of carboxylic acid groups (broad SMARTS) is 1. The van der Waals surface area contributed by atoms with Crippen molar-refractivity contribution in [2.24, 2.45) is 0 Å². The van der Waals surface area contributed by atoms with Crippen LogP contribution in [0.3, 0.4) is 0 Å². The highest BCUT2D eigenvalue weighted by Gasteiger charge is 2.23. The van der Waals surface area contributed by atoms with Gasteiger partial charge in [-0.2, -0.15) is 0 Å². The standard InChI is InChI=1S/C19H15BrN2O3/c20-15-9-2-1-5-13(15)11-16(19(24)25)22-18(23)14-8-3-6-12-7-4-10-21-17(12)14/h1-10,16H,11H2,(H,22,23)(H,24,25)/t16-/m0/s1. The van der Waals surface area contributed by atoms with Crippen LogP contribution in [0.4, 0.5) is 0 Å². The summed E-state index contributed by atoms with van der Waals surface area (Å²) < 4.78 is 0.808. The van der Waals surface area contributed by atoms with Gasteiger partial charge in [0.05, 0.1) is 11.1 Å². The smallest absolute Gasteiger partial charge is 0.326 e. The predicted molar refractivity (Wildman–Crippen MR) is 98.5 cm³/mol. The lowest BCUT2D eigenvalue weighted by Gasteiger charge is -2.16. The summed E-state index contributed by atoms with van der Waals surface area (Å²) in [6, 6.07) is 15.2. The van der Waals surface area contributed by atoms with Crippen molar-refractivity contribution >= 4 is 38.7 Å². The molecule has 0 saturated carbocycles. The fourth-order valence-corrected chi connectivity index (χ4v) is 3.05. The molecule has 3 aromatic rings. The van der Waals surface area contributed by atoms with Gasteiger partial charge in [0.25, 0.3) is 5.91 Å². The van der Waals surface area contributed by atoms with E-state index in [1.807, 2.05) is 36.4 Å². The molecule has 5 nitrogen and oxygen atoms in total. The average Bonchev–Trinajstić information content (AvgIpc) is 2.62. The third-order valence-electron chi connectivity index (χ3n) is 3.86. The summed E-state index contributed by atoms with van der Waals surface area (Å²) in [7, 11) is 0. The van der Waals surface area contributed by atoms with E-state index in [2.05, 4.69) is 26.2 Å². The van der Waals surface area contributed by atoms with Gasteiger partial charge in [0.1, 0.15) is 6.04 Å². The number of nitrogens with zero attached hydrogens (tertiary/aromatic N) is 1. The number of amides is 1. The number of rotatable bonds is 5. The zero-order valence-corrected chi connectivity index (χ0v) is 14.7. The first-order valence-corrected chi connectivity index (χ1v) is 8.46. The largest absolute Gasteiger partial charge is 0.480 e. The van der Waals surface area contributed by atoms with Crippen molar-refractivity contribution in [3.63, 3.8) is 0 Å². The Morgan fingerprint density at radius 2 is 1.84 bits per heavy atom. The van der Waals surface area contributed by atoms with Crippen molar-refractivity contribution in [3.8, 4) is 0 Å². The lowest BCUT2D eigenvalue weighted by Crippen LogP contribution is -2.42. The average molecular weight is 399 g/mol. The highest BCUT2D eigenvalue weighted by Crippen LogP contribution is 2.19. The highest BCUT2D eigenvalue weighted by molar-refractivity contribution is 9.10. The Balaban J connectivity index is 1.86. The summed E-state index contributed by atoms with van der Waals surface area (Å²) in [6.07, 6.45) is 1.79. The van der Waals surface area contributed by atoms with Crippen molar-refractivity contribution in [3.05, 3.63) is 76.4 Å². The van der Waals surface area contributed by atoms with Gasteiger partial charge in [-0.15, -0.1) is 0 Å². The first-order valence-electron chi connectivity index (χ1n) is 7.67. The zero-order chi connectivity index (χ0) is 17.8. The molecule has 25 heavy (non-hydrogen) atoms. The predicted octanol–water partition coefficient (Wildman–Crippen LogP) is 3.42. The fourth-order valence-electron chi connectivity index (χ4n) is 2.61. The number of para-hydroxylation sites is 1. The summed E-state index contributed by atoms with van der Waals surface area (Å²) in [5.41, 5.74) is 1.72. The van der Waals surface area contributed by atoms with Gasteiger partial charge < -0.3 is 10.4 Å². The van der Waals surface area contributed by atoms with Crippen molar-refractivity contribution in [1.82, 2.24) is 10.3 Å². The number of carbonyl (C=O) groups is 2. The summed E-state index contributed by atoms with van der Waals surface area (Å²) in [6.45, 7) is 0. The molecule has 1 heterocycles. The lowest BCUT2D eigenvalue weighted by atomic mass is 10.0. The van der Waals surface area contributed by atoms with E-state index in [1.165, 1.54) is 0 Å². The maximum absolute atomic E-state index is 12.6. The second-order valence-corrected chi connectivity index (χ2v) is 6.39. The van der Waals surface area contributed by atoms with Crippen molar-refractivity contribution in [1.29, 1.82) is 0 Å². The lowest BCUT2D eigenvalue weighted by molar-refractivity contribution is -0.139. The fraction of sp³-hybridized carbons (Fsp3) is 0.105. The monoisotopic (exact) mass is 398 g/mol. The number of pyridine rings is 1. The van der Waals surface area contributed by atoms with Gasteiger partial charge in [-0.25, -0.2) is 4.79 Å². The minimum absolute atomic E-state index is 0.181. The van der Waals surface area contributed by atoms with Crippen LogP contribution in [0.2, 0.25) is 0 Å². The number of hydrogen-bond donors (Lipinski definition) is 2. The summed E-state index contributed by atoms with van der Waals surface area (Å²) in [5, 5.41) is 12.9. The topological polar surface area (TPSA) is 79.3 Å². The van der Waals surface area contributed by atoms with Gasteiger partial charge in [0, 0.05) is 22.5 Å². The van der Waals surface area contributed by atoms with Crippen molar-refractivity contribution in [2.45, 2.75) is 12.5 Å². The number of halogens is 1. The molecule has 1 amide bonds. The molecule has 0 spiro atoms. The Morgan fingerprint density at radius 3 is 2.60 bits per heavy atom. The molecule has 1 aromatic heterocycles. The van der Waals surface area contributed by atoms with Crippen LogP contribution in [0.1, 0.15) is 15.9 Å². The Kier molecular flexibility index (Phi) is 5.09. The molecule has 0 radical (unpaired) electrons. The normalized spacial score (nSPS) is 11.9. The Hall–Kier alpha value is -2.73. The van der Waals surface area contributed by atoms with E-state index < -0.39 is 17.9 Å². The van der Waals surface area contributed by atoms with Crippen LogP contribution in [0.5, 0.6) is 0 Å². The summed E-state index contributed by atoms with van der Waals surface area (Å²) in [5.74, 6) is -1.54. The molecule has 0 aliphatic carbocycles. The molecule has 2 aromatic carbocycles. The summed E-state index contributed by atoms with van der Waals surface area (Å²) >= 11 is 3.40. The number of benzene rings is 2.